The number of hydrogen-bond donors (Lipinski definition) is 1. The van der Waals surface area contributed by atoms with Gasteiger partial charge in [-0.25, -0.2) is 0 Å². The standard InChI is InChI=1S/C11H20N2O3/c1-8(2)13-7-10(14)12(3)6-9(13)4-5-11(15)16/h8-9H,4-7H2,1-3H3,(H,15,16). The molecule has 0 aromatic rings. The summed E-state index contributed by atoms with van der Waals surface area (Å²) in [5.41, 5.74) is 0. The molecular weight excluding hydrogens is 208 g/mol. The molecule has 5 nitrogen and oxygen atoms in total. The predicted octanol–water partition coefficient (Wildman–Crippen LogP) is 0.402. The topological polar surface area (TPSA) is 60.9 Å². The number of aliphatic carboxylic acids is 1. The highest BCUT2D eigenvalue weighted by atomic mass is 16.4. The summed E-state index contributed by atoms with van der Waals surface area (Å²) in [6.45, 7) is 5.10. The molecule has 5 heteroatoms. The first-order valence-electron chi connectivity index (χ1n) is 5.63. The number of hydrogen-bond acceptors (Lipinski definition) is 3. The van der Waals surface area contributed by atoms with Crippen LogP contribution in [-0.4, -0.2) is 59.0 Å². The Labute approximate surface area is 96.0 Å². The molecule has 0 aromatic heterocycles. The molecule has 1 N–H and O–H groups in total. The summed E-state index contributed by atoms with van der Waals surface area (Å²) < 4.78 is 0. The smallest absolute Gasteiger partial charge is 0.303 e. The van der Waals surface area contributed by atoms with E-state index in [0.29, 0.717) is 19.5 Å². The van der Waals surface area contributed by atoms with Gasteiger partial charge in [-0.05, 0) is 20.3 Å². The summed E-state index contributed by atoms with van der Waals surface area (Å²) >= 11 is 0. The third-order valence-electron chi connectivity index (χ3n) is 3.05. The lowest BCUT2D eigenvalue weighted by atomic mass is 10.0. The molecule has 16 heavy (non-hydrogen) atoms. The van der Waals surface area contributed by atoms with E-state index < -0.39 is 5.97 Å². The van der Waals surface area contributed by atoms with Crippen LogP contribution in [0.4, 0.5) is 0 Å². The third kappa shape index (κ3) is 3.20. The van der Waals surface area contributed by atoms with Crippen molar-refractivity contribution in [2.45, 2.75) is 38.8 Å². The van der Waals surface area contributed by atoms with Crippen LogP contribution in [-0.2, 0) is 9.59 Å². The van der Waals surface area contributed by atoms with Gasteiger partial charge in [0.15, 0.2) is 0 Å². The van der Waals surface area contributed by atoms with Crippen LogP contribution in [0.2, 0.25) is 0 Å². The summed E-state index contributed by atoms with van der Waals surface area (Å²) in [5.74, 6) is -0.663. The molecule has 1 unspecified atom stereocenters. The fraction of sp³-hybridized carbons (Fsp3) is 0.818. The molecule has 1 aliphatic rings. The van der Waals surface area contributed by atoms with Gasteiger partial charge in [-0.15, -0.1) is 0 Å². The van der Waals surface area contributed by atoms with E-state index >= 15 is 0 Å². The zero-order valence-corrected chi connectivity index (χ0v) is 10.1. The van der Waals surface area contributed by atoms with E-state index in [1.54, 1.807) is 11.9 Å². The summed E-state index contributed by atoms with van der Waals surface area (Å²) in [6, 6.07) is 0.440. The highest BCUT2D eigenvalue weighted by molar-refractivity contribution is 5.79. The molecule has 1 heterocycles. The van der Waals surface area contributed by atoms with Crippen LogP contribution < -0.4 is 0 Å². The van der Waals surface area contributed by atoms with Crippen molar-refractivity contribution in [1.82, 2.24) is 9.80 Å². The Morgan fingerprint density at radius 1 is 1.56 bits per heavy atom. The number of likely N-dealkylation sites (N-methyl/N-ethyl adjacent to an activating group) is 1. The van der Waals surface area contributed by atoms with Gasteiger partial charge in [0.2, 0.25) is 5.91 Å². The summed E-state index contributed by atoms with van der Waals surface area (Å²) in [5, 5.41) is 8.69. The van der Waals surface area contributed by atoms with E-state index in [9.17, 15) is 9.59 Å². The Morgan fingerprint density at radius 3 is 2.69 bits per heavy atom. The largest absolute Gasteiger partial charge is 0.481 e. The van der Waals surface area contributed by atoms with E-state index in [2.05, 4.69) is 4.90 Å². The number of carbonyl (C=O) groups is 2. The Hall–Kier alpha value is -1.10. The van der Waals surface area contributed by atoms with Crippen LogP contribution in [0.3, 0.4) is 0 Å². The quantitative estimate of drug-likeness (QED) is 0.756. The van der Waals surface area contributed by atoms with E-state index in [1.807, 2.05) is 13.8 Å². The molecule has 1 aliphatic heterocycles. The second-order valence-electron chi connectivity index (χ2n) is 4.63. The maximum absolute atomic E-state index is 11.6. The van der Waals surface area contributed by atoms with Gasteiger partial charge in [-0.3, -0.25) is 14.5 Å². The van der Waals surface area contributed by atoms with Gasteiger partial charge < -0.3 is 10.0 Å². The van der Waals surface area contributed by atoms with E-state index in [1.165, 1.54) is 0 Å². The first-order chi connectivity index (χ1) is 7.41. The maximum Gasteiger partial charge on any atom is 0.303 e. The van der Waals surface area contributed by atoms with E-state index in [0.717, 1.165) is 0 Å². The zero-order chi connectivity index (χ0) is 12.3. The van der Waals surface area contributed by atoms with Crippen molar-refractivity contribution in [2.24, 2.45) is 0 Å². The average Bonchev–Trinajstić information content (AvgIpc) is 2.18. The lowest BCUT2D eigenvalue weighted by Gasteiger charge is -2.41. The molecule has 0 bridgehead atoms. The van der Waals surface area contributed by atoms with Crippen molar-refractivity contribution in [2.75, 3.05) is 20.1 Å². The van der Waals surface area contributed by atoms with Gasteiger partial charge in [0.25, 0.3) is 0 Å². The molecule has 0 saturated carbocycles. The fourth-order valence-electron chi connectivity index (χ4n) is 2.08. The molecule has 1 atom stereocenters. The van der Waals surface area contributed by atoms with Crippen LogP contribution >= 0.6 is 0 Å². The molecule has 1 amide bonds. The van der Waals surface area contributed by atoms with Crippen molar-refractivity contribution in [3.8, 4) is 0 Å². The molecule has 1 fully saturated rings. The van der Waals surface area contributed by atoms with E-state index in [4.69, 9.17) is 5.11 Å². The molecular formula is C11H20N2O3. The lowest BCUT2D eigenvalue weighted by molar-refractivity contribution is -0.139. The highest BCUT2D eigenvalue weighted by Gasteiger charge is 2.31. The Balaban J connectivity index is 2.62. The minimum Gasteiger partial charge on any atom is -0.481 e. The van der Waals surface area contributed by atoms with Crippen LogP contribution in [0, 0.1) is 0 Å². The zero-order valence-electron chi connectivity index (χ0n) is 10.1. The van der Waals surface area contributed by atoms with Gasteiger partial charge >= 0.3 is 5.97 Å². The highest BCUT2D eigenvalue weighted by Crippen LogP contribution is 2.17. The molecule has 92 valence electrons. The summed E-state index contributed by atoms with van der Waals surface area (Å²) in [7, 11) is 1.77. The monoisotopic (exact) mass is 228 g/mol. The van der Waals surface area contributed by atoms with E-state index in [-0.39, 0.29) is 24.4 Å². The Bertz CT molecular complexity index is 278. The minimum absolute atomic E-state index is 0.111. The molecule has 0 spiro atoms. The number of amides is 1. The molecule has 0 radical (unpaired) electrons. The SMILES string of the molecule is CC(C)N1CC(=O)N(C)CC1CCC(=O)O. The Morgan fingerprint density at radius 2 is 2.19 bits per heavy atom. The van der Waals surface area contributed by atoms with Gasteiger partial charge in [0.1, 0.15) is 0 Å². The average molecular weight is 228 g/mol. The third-order valence-corrected chi connectivity index (χ3v) is 3.05. The first kappa shape index (κ1) is 13.0. The van der Waals surface area contributed by atoms with Crippen LogP contribution in [0.15, 0.2) is 0 Å². The Kier molecular flexibility index (Phi) is 4.29. The number of rotatable bonds is 4. The van der Waals surface area contributed by atoms with Gasteiger partial charge in [-0.1, -0.05) is 0 Å². The fourth-order valence-corrected chi connectivity index (χ4v) is 2.08. The number of nitrogens with zero attached hydrogens (tertiary/aromatic N) is 2. The first-order valence-corrected chi connectivity index (χ1v) is 5.63. The van der Waals surface area contributed by atoms with Crippen molar-refractivity contribution < 1.29 is 14.7 Å². The van der Waals surface area contributed by atoms with Crippen molar-refractivity contribution in [3.05, 3.63) is 0 Å². The van der Waals surface area contributed by atoms with Crippen LogP contribution in [0.5, 0.6) is 0 Å². The second-order valence-corrected chi connectivity index (χ2v) is 4.63. The van der Waals surface area contributed by atoms with Gasteiger partial charge in [0, 0.05) is 32.1 Å². The number of carbonyl (C=O) groups excluding carboxylic acids is 1. The predicted molar refractivity (Wildman–Crippen MR) is 60.1 cm³/mol. The van der Waals surface area contributed by atoms with Crippen LogP contribution in [0.1, 0.15) is 26.7 Å². The second kappa shape index (κ2) is 5.30. The minimum atomic E-state index is -0.775. The normalized spacial score (nSPS) is 22.9. The van der Waals surface area contributed by atoms with Gasteiger partial charge in [0.05, 0.1) is 6.54 Å². The molecule has 1 rings (SSSR count). The van der Waals surface area contributed by atoms with Crippen molar-refractivity contribution in [3.63, 3.8) is 0 Å². The van der Waals surface area contributed by atoms with Crippen LogP contribution in [0.25, 0.3) is 0 Å². The lowest BCUT2D eigenvalue weighted by Crippen LogP contribution is -2.56. The molecule has 1 saturated heterocycles. The van der Waals surface area contributed by atoms with Gasteiger partial charge in [-0.2, -0.15) is 0 Å². The maximum atomic E-state index is 11.6. The number of carboxylic acid groups (broad SMARTS) is 1. The van der Waals surface area contributed by atoms with Crippen molar-refractivity contribution >= 4 is 11.9 Å². The summed E-state index contributed by atoms with van der Waals surface area (Å²) in [4.78, 5) is 25.9. The number of carboxylic acids is 1. The summed E-state index contributed by atoms with van der Waals surface area (Å²) in [6.07, 6.45) is 0.765. The molecule has 0 aromatic carbocycles. The van der Waals surface area contributed by atoms with Crippen molar-refractivity contribution in [1.29, 1.82) is 0 Å². The molecule has 0 aliphatic carbocycles. The number of piperazine rings is 1.